The lowest BCUT2D eigenvalue weighted by Crippen LogP contribution is -2.49. The van der Waals surface area contributed by atoms with Crippen LogP contribution in [-0.4, -0.2) is 63.7 Å². The molecule has 2 aliphatic heterocycles. The quantitative estimate of drug-likeness (QED) is 0.197. The van der Waals surface area contributed by atoms with E-state index < -0.39 is 56.3 Å². The number of nitrogens with one attached hydrogen (secondary N) is 1. The number of alkyl halides is 1. The van der Waals surface area contributed by atoms with Crippen LogP contribution in [0.2, 0.25) is 0 Å². The molecule has 3 N–H and O–H groups in total. The highest BCUT2D eigenvalue weighted by Gasteiger charge is 2.67. The number of nitrogen functional groups attached to an aromatic ring is 1. The lowest BCUT2D eigenvalue weighted by Gasteiger charge is -2.35. The van der Waals surface area contributed by atoms with E-state index in [0.29, 0.717) is 11.2 Å². The number of esters is 1. The minimum Gasteiger partial charge on any atom is -0.464 e. The maximum atomic E-state index is 15.4. The molecule has 0 spiro atoms. The Bertz CT molecular complexity index is 1510. The van der Waals surface area contributed by atoms with Crippen molar-refractivity contribution in [1.82, 2.24) is 19.7 Å². The van der Waals surface area contributed by atoms with Gasteiger partial charge in [0.25, 0.3) is 0 Å². The third-order valence-electron chi connectivity index (χ3n) is 7.74. The summed E-state index contributed by atoms with van der Waals surface area (Å²) in [5.41, 5.74) is 6.98. The summed E-state index contributed by atoms with van der Waals surface area (Å²) in [5.74, 6) is -3.58. The first-order valence-electron chi connectivity index (χ1n) is 14.6. The zero-order valence-electron chi connectivity index (χ0n) is 25.3. The molecule has 2 aromatic heterocycles. The van der Waals surface area contributed by atoms with Crippen molar-refractivity contribution in [1.29, 1.82) is 0 Å². The summed E-state index contributed by atoms with van der Waals surface area (Å²) >= 11 is 0. The summed E-state index contributed by atoms with van der Waals surface area (Å²) in [7, 11) is -4.60. The fourth-order valence-electron chi connectivity index (χ4n) is 5.36. The Labute approximate surface area is 255 Å². The van der Waals surface area contributed by atoms with Crippen molar-refractivity contribution in [3.63, 3.8) is 0 Å². The number of para-hydroxylation sites is 1. The van der Waals surface area contributed by atoms with Gasteiger partial charge in [-0.05, 0) is 51.0 Å². The summed E-state index contributed by atoms with van der Waals surface area (Å²) in [6, 6.07) is 10.4. The van der Waals surface area contributed by atoms with Crippen LogP contribution in [0, 0.1) is 5.92 Å². The molecule has 15 heteroatoms. The standard InChI is InChI=1S/C29H39FN5O8P/c1-6-19(7-2)15-38-27(36)18(3)34-44(37,42-20-11-9-8-10-12-20)43-29(16-30)25-24(39-28(4,5)41-25)23(40-29)21-13-14-22-26(31)32-17-33-35(21)22/h8-14,17-19,23-25H,6-7,15-16H2,1-5H3,(H,34,37)(H2,31,32,33)/t18-,23-,24-,25-,29+,44+/m0/s1. The monoisotopic (exact) mass is 635 g/mol. The van der Waals surface area contributed by atoms with Gasteiger partial charge >= 0.3 is 13.7 Å². The molecule has 5 rings (SSSR count). The second kappa shape index (κ2) is 12.7. The molecule has 2 fully saturated rings. The van der Waals surface area contributed by atoms with Crippen LogP contribution in [0.3, 0.4) is 0 Å². The highest BCUT2D eigenvalue weighted by Crippen LogP contribution is 2.57. The van der Waals surface area contributed by atoms with E-state index in [4.69, 9.17) is 33.7 Å². The number of aromatic nitrogens is 3. The second-order valence-electron chi connectivity index (χ2n) is 11.4. The van der Waals surface area contributed by atoms with Crippen LogP contribution < -0.4 is 15.3 Å². The van der Waals surface area contributed by atoms with E-state index in [2.05, 4.69) is 15.2 Å². The van der Waals surface area contributed by atoms with Crippen LogP contribution in [0.1, 0.15) is 59.3 Å². The number of ether oxygens (including phenoxy) is 4. The fraction of sp³-hybridized carbons (Fsp3) is 0.552. The first-order chi connectivity index (χ1) is 20.9. The molecule has 13 nitrogen and oxygen atoms in total. The number of fused-ring (bicyclic) bond motifs is 2. The summed E-state index contributed by atoms with van der Waals surface area (Å²) in [6.45, 7) is 7.69. The molecule has 0 aliphatic carbocycles. The number of hydrogen-bond donors (Lipinski definition) is 2. The maximum absolute atomic E-state index is 15.4. The van der Waals surface area contributed by atoms with Crippen LogP contribution in [0.15, 0.2) is 48.8 Å². The van der Waals surface area contributed by atoms with Gasteiger partial charge in [-0.1, -0.05) is 44.9 Å². The van der Waals surface area contributed by atoms with Crippen molar-refractivity contribution in [2.75, 3.05) is 19.0 Å². The molecule has 0 amide bonds. The third kappa shape index (κ3) is 6.46. The van der Waals surface area contributed by atoms with Crippen LogP contribution in [0.5, 0.6) is 5.75 Å². The molecule has 0 unspecified atom stereocenters. The normalized spacial score (nSPS) is 26.4. The Balaban J connectivity index is 1.48. The van der Waals surface area contributed by atoms with E-state index in [9.17, 15) is 9.36 Å². The fourth-order valence-corrected chi connectivity index (χ4v) is 7.08. The van der Waals surface area contributed by atoms with Gasteiger partial charge in [0, 0.05) is 0 Å². The highest BCUT2D eigenvalue weighted by molar-refractivity contribution is 7.52. The van der Waals surface area contributed by atoms with Gasteiger partial charge in [0.1, 0.15) is 48.6 Å². The third-order valence-corrected chi connectivity index (χ3v) is 9.45. The van der Waals surface area contributed by atoms with Crippen molar-refractivity contribution in [2.45, 2.75) is 83.4 Å². The number of rotatable bonds is 13. The molecule has 240 valence electrons. The van der Waals surface area contributed by atoms with Gasteiger partial charge in [-0.3, -0.25) is 4.79 Å². The van der Waals surface area contributed by atoms with E-state index in [0.717, 1.165) is 12.8 Å². The zero-order valence-corrected chi connectivity index (χ0v) is 26.2. The largest absolute Gasteiger partial charge is 0.464 e. The Kier molecular flexibility index (Phi) is 9.31. The first-order valence-corrected chi connectivity index (χ1v) is 16.1. The van der Waals surface area contributed by atoms with E-state index >= 15 is 4.39 Å². The SMILES string of the molecule is CCC(CC)COC(=O)[C@H](C)N[P@@](=O)(Oc1ccccc1)O[C@@]1(CF)O[C@@H](c2ccc3c(N)ncnn23)[C@@H]2OC(C)(C)O[C@@H]21. The summed E-state index contributed by atoms with van der Waals surface area (Å²) in [4.78, 5) is 16.9. The van der Waals surface area contributed by atoms with Crippen LogP contribution >= 0.6 is 7.75 Å². The minimum atomic E-state index is -4.60. The number of nitrogens with two attached hydrogens (primary N) is 1. The van der Waals surface area contributed by atoms with Crippen molar-refractivity contribution < 1.29 is 41.7 Å². The molecule has 0 saturated carbocycles. The topological polar surface area (TPSA) is 158 Å². The predicted octanol–water partition coefficient (Wildman–Crippen LogP) is 4.73. The Morgan fingerprint density at radius 2 is 1.89 bits per heavy atom. The number of nitrogens with zero attached hydrogens (tertiary/aromatic N) is 3. The van der Waals surface area contributed by atoms with Gasteiger partial charge in [-0.25, -0.2) is 23.0 Å². The Morgan fingerprint density at radius 3 is 2.57 bits per heavy atom. The molecule has 6 atom stereocenters. The molecule has 3 aromatic rings. The zero-order chi connectivity index (χ0) is 31.7. The van der Waals surface area contributed by atoms with E-state index in [-0.39, 0.29) is 24.1 Å². The van der Waals surface area contributed by atoms with Crippen molar-refractivity contribution in [3.8, 4) is 5.75 Å². The minimum absolute atomic E-state index is 0.148. The molecule has 4 heterocycles. The van der Waals surface area contributed by atoms with Crippen LogP contribution in [0.4, 0.5) is 10.2 Å². The van der Waals surface area contributed by atoms with E-state index in [1.54, 1.807) is 56.3 Å². The molecule has 1 aromatic carbocycles. The molecular formula is C29H39FN5O8P. The van der Waals surface area contributed by atoms with Crippen LogP contribution in [-0.2, 0) is 32.8 Å². The molecule has 2 aliphatic rings. The number of halogens is 1. The molecule has 44 heavy (non-hydrogen) atoms. The van der Waals surface area contributed by atoms with Crippen molar-refractivity contribution in [2.24, 2.45) is 5.92 Å². The summed E-state index contributed by atoms with van der Waals surface area (Å²) in [6.07, 6.45) is -0.173. The lowest BCUT2D eigenvalue weighted by atomic mass is 10.0. The smallest absolute Gasteiger partial charge is 0.462 e. The molecule has 0 bridgehead atoms. The number of benzene rings is 1. The summed E-state index contributed by atoms with van der Waals surface area (Å²) < 4.78 is 67.2. The highest BCUT2D eigenvalue weighted by atomic mass is 31.2. The van der Waals surface area contributed by atoms with Gasteiger partial charge in [-0.2, -0.15) is 10.2 Å². The van der Waals surface area contributed by atoms with Crippen molar-refractivity contribution in [3.05, 3.63) is 54.5 Å². The first kappa shape index (κ1) is 32.3. The number of carbonyl (C=O) groups is 1. The van der Waals surface area contributed by atoms with Gasteiger partial charge < -0.3 is 29.2 Å². The number of anilines is 1. The van der Waals surface area contributed by atoms with Gasteiger partial charge in [0.05, 0.1) is 12.3 Å². The number of hydrogen-bond acceptors (Lipinski definition) is 11. The molecule has 2 saturated heterocycles. The lowest BCUT2D eigenvalue weighted by molar-refractivity contribution is -0.270. The maximum Gasteiger partial charge on any atom is 0.462 e. The van der Waals surface area contributed by atoms with Gasteiger partial charge in [0.2, 0.25) is 5.79 Å². The average Bonchev–Trinajstić information content (AvgIpc) is 3.64. The Hall–Kier alpha value is -3.13. The predicted molar refractivity (Wildman–Crippen MR) is 157 cm³/mol. The molecular weight excluding hydrogens is 596 g/mol. The second-order valence-corrected chi connectivity index (χ2v) is 13.0. The van der Waals surface area contributed by atoms with E-state index in [1.165, 1.54) is 17.8 Å². The van der Waals surface area contributed by atoms with Gasteiger partial charge in [-0.15, -0.1) is 0 Å². The summed E-state index contributed by atoms with van der Waals surface area (Å²) in [5, 5.41) is 6.90. The number of carbonyl (C=O) groups excluding carboxylic acids is 1. The Morgan fingerprint density at radius 1 is 1.16 bits per heavy atom. The van der Waals surface area contributed by atoms with Crippen LogP contribution in [0.25, 0.3) is 5.52 Å². The average molecular weight is 636 g/mol. The molecule has 0 radical (unpaired) electrons. The van der Waals surface area contributed by atoms with Gasteiger partial charge in [0.15, 0.2) is 11.6 Å². The van der Waals surface area contributed by atoms with E-state index in [1.807, 2.05) is 13.8 Å². The van der Waals surface area contributed by atoms with Crippen molar-refractivity contribution >= 4 is 25.1 Å².